The predicted molar refractivity (Wildman–Crippen MR) is 239 cm³/mol. The molecule has 3 heterocycles. The van der Waals surface area contributed by atoms with Crippen molar-refractivity contribution in [2.45, 2.75) is 0 Å². The van der Waals surface area contributed by atoms with Crippen molar-refractivity contribution in [3.8, 4) is 16.8 Å². The predicted octanol–water partition coefficient (Wildman–Crippen LogP) is 15.3. The van der Waals surface area contributed by atoms with Crippen molar-refractivity contribution >= 4 is 103 Å². The molecular weight excluding hydrogens is 701 g/mol. The minimum absolute atomic E-state index is 0.881. The van der Waals surface area contributed by atoms with Gasteiger partial charge in [0.15, 0.2) is 5.58 Å². The van der Waals surface area contributed by atoms with E-state index in [-0.39, 0.29) is 0 Å². The molecule has 0 saturated carbocycles. The Labute approximate surface area is 326 Å². The minimum Gasteiger partial charge on any atom is -0.454 e. The molecule has 12 rings (SSSR count). The van der Waals surface area contributed by atoms with Crippen LogP contribution in [0.1, 0.15) is 0 Å². The van der Waals surface area contributed by atoms with Gasteiger partial charge in [-0.2, -0.15) is 0 Å². The topological polar surface area (TPSA) is 21.3 Å². The van der Waals surface area contributed by atoms with Crippen molar-refractivity contribution in [3.05, 3.63) is 194 Å². The molecule has 3 nitrogen and oxygen atoms in total. The van der Waals surface area contributed by atoms with Gasteiger partial charge in [0.25, 0.3) is 0 Å². The minimum atomic E-state index is 0.881. The molecule has 9 aromatic carbocycles. The molecule has 0 fully saturated rings. The maximum atomic E-state index is 6.85. The van der Waals surface area contributed by atoms with Crippen molar-refractivity contribution in [1.82, 2.24) is 4.57 Å². The number of nitrogens with zero attached hydrogens (tertiary/aromatic N) is 2. The summed E-state index contributed by atoms with van der Waals surface area (Å²) in [5, 5.41) is 9.67. The van der Waals surface area contributed by atoms with Gasteiger partial charge in [-0.1, -0.05) is 133 Å². The van der Waals surface area contributed by atoms with Gasteiger partial charge in [0.2, 0.25) is 0 Å². The van der Waals surface area contributed by atoms with E-state index in [0.29, 0.717) is 0 Å². The lowest BCUT2D eigenvalue weighted by Gasteiger charge is -2.27. The maximum absolute atomic E-state index is 6.85. The molecule has 0 amide bonds. The molecule has 0 bridgehead atoms. The maximum Gasteiger partial charge on any atom is 0.160 e. The van der Waals surface area contributed by atoms with Crippen LogP contribution in [0.15, 0.2) is 199 Å². The third-order valence-corrected chi connectivity index (χ3v) is 12.6. The molecule has 0 aliphatic rings. The van der Waals surface area contributed by atoms with E-state index in [9.17, 15) is 0 Å². The lowest BCUT2D eigenvalue weighted by molar-refractivity contribution is 0.669. The van der Waals surface area contributed by atoms with Crippen LogP contribution in [0.3, 0.4) is 0 Å². The van der Waals surface area contributed by atoms with Crippen molar-refractivity contribution < 1.29 is 4.42 Å². The van der Waals surface area contributed by atoms with Gasteiger partial charge < -0.3 is 13.9 Å². The summed E-state index contributed by atoms with van der Waals surface area (Å²) in [6, 6.07) is 70.1. The van der Waals surface area contributed by atoms with Crippen LogP contribution in [-0.4, -0.2) is 4.57 Å². The lowest BCUT2D eigenvalue weighted by atomic mass is 10.0. The van der Waals surface area contributed by atoms with Crippen molar-refractivity contribution in [3.63, 3.8) is 0 Å². The molecule has 4 heteroatoms. The van der Waals surface area contributed by atoms with Gasteiger partial charge in [-0.3, -0.25) is 0 Å². The van der Waals surface area contributed by atoms with Gasteiger partial charge in [-0.15, -0.1) is 11.3 Å². The second-order valence-electron chi connectivity index (χ2n) is 14.5. The number of para-hydroxylation sites is 3. The van der Waals surface area contributed by atoms with Crippen LogP contribution < -0.4 is 4.90 Å². The number of aromatic nitrogens is 1. The molecule has 0 aliphatic carbocycles. The summed E-state index contributed by atoms with van der Waals surface area (Å²) in [5.41, 5.74) is 10.9. The molecular formula is C52H32N2OS. The summed E-state index contributed by atoms with van der Waals surface area (Å²) in [6.07, 6.45) is 0. The lowest BCUT2D eigenvalue weighted by Crippen LogP contribution is -2.10. The Morgan fingerprint density at radius 2 is 1.12 bits per heavy atom. The number of thiophene rings is 1. The van der Waals surface area contributed by atoms with Crippen LogP contribution in [-0.2, 0) is 0 Å². The van der Waals surface area contributed by atoms with Crippen LogP contribution >= 0.6 is 11.3 Å². The summed E-state index contributed by atoms with van der Waals surface area (Å²) < 4.78 is 11.8. The van der Waals surface area contributed by atoms with Gasteiger partial charge in [0, 0.05) is 48.4 Å². The first-order valence-corrected chi connectivity index (χ1v) is 19.8. The quantitative estimate of drug-likeness (QED) is 0.176. The first-order chi connectivity index (χ1) is 27.8. The highest BCUT2D eigenvalue weighted by molar-refractivity contribution is 7.26. The van der Waals surface area contributed by atoms with E-state index in [0.717, 1.165) is 50.3 Å². The fraction of sp³-hybridized carbons (Fsp3) is 0. The summed E-state index contributed by atoms with van der Waals surface area (Å²) in [5.74, 6) is 0. The molecule has 0 radical (unpaired) electrons. The Hall–Kier alpha value is -7.14. The van der Waals surface area contributed by atoms with E-state index in [4.69, 9.17) is 4.42 Å². The number of hydrogen-bond acceptors (Lipinski definition) is 3. The van der Waals surface area contributed by atoms with Crippen LogP contribution in [0.5, 0.6) is 0 Å². The van der Waals surface area contributed by atoms with Crippen LogP contribution in [0.2, 0.25) is 0 Å². The Morgan fingerprint density at radius 3 is 2.00 bits per heavy atom. The van der Waals surface area contributed by atoms with Gasteiger partial charge >= 0.3 is 0 Å². The highest BCUT2D eigenvalue weighted by Gasteiger charge is 2.24. The standard InChI is InChI=1S/C52H32N2OS/c1-2-14-36(15-3-1)53-44-21-9-6-17-39(44)40-30-27-34(31-46(40)53)33-25-28-37(29-26-33)54(45-22-12-20-42-41-18-8-11-24-49(41)56-52(42)45)47-32-35-13-4-5-16-38(35)50-43-19-7-10-23-48(43)55-51(47)50/h1-32H. The highest BCUT2D eigenvalue weighted by atomic mass is 32.1. The van der Waals surface area contributed by atoms with E-state index in [1.165, 1.54) is 58.3 Å². The monoisotopic (exact) mass is 732 g/mol. The Balaban J connectivity index is 1.08. The smallest absolute Gasteiger partial charge is 0.160 e. The van der Waals surface area contributed by atoms with Crippen molar-refractivity contribution in [1.29, 1.82) is 0 Å². The van der Waals surface area contributed by atoms with E-state index in [1.807, 2.05) is 11.3 Å². The van der Waals surface area contributed by atoms with Crippen LogP contribution in [0.4, 0.5) is 17.1 Å². The second-order valence-corrected chi connectivity index (χ2v) is 15.5. The van der Waals surface area contributed by atoms with Crippen LogP contribution in [0, 0.1) is 0 Å². The summed E-state index contributed by atoms with van der Waals surface area (Å²) in [7, 11) is 0. The molecule has 0 N–H and O–H groups in total. The summed E-state index contributed by atoms with van der Waals surface area (Å²) >= 11 is 1.85. The van der Waals surface area contributed by atoms with Gasteiger partial charge in [-0.05, 0) is 82.6 Å². The number of fused-ring (bicyclic) bond motifs is 11. The van der Waals surface area contributed by atoms with Gasteiger partial charge in [-0.25, -0.2) is 0 Å². The summed E-state index contributed by atoms with van der Waals surface area (Å²) in [6.45, 7) is 0. The zero-order chi connectivity index (χ0) is 36.7. The largest absolute Gasteiger partial charge is 0.454 e. The number of benzene rings is 9. The molecule has 0 aliphatic heterocycles. The Kier molecular flexibility index (Phi) is 6.80. The van der Waals surface area contributed by atoms with Gasteiger partial charge in [0.1, 0.15) is 5.58 Å². The molecule has 0 unspecified atom stereocenters. The number of hydrogen-bond donors (Lipinski definition) is 0. The van der Waals surface area contributed by atoms with E-state index in [1.54, 1.807) is 0 Å². The third-order valence-electron chi connectivity index (χ3n) is 11.4. The average molecular weight is 733 g/mol. The highest BCUT2D eigenvalue weighted by Crippen LogP contribution is 2.49. The van der Waals surface area contributed by atoms with Crippen LogP contribution in [0.25, 0.3) is 91.5 Å². The number of anilines is 3. The molecule has 0 atom stereocenters. The summed E-state index contributed by atoms with van der Waals surface area (Å²) in [4.78, 5) is 2.41. The van der Waals surface area contributed by atoms with E-state index < -0.39 is 0 Å². The van der Waals surface area contributed by atoms with E-state index in [2.05, 4.69) is 204 Å². The molecule has 262 valence electrons. The molecule has 3 aromatic heterocycles. The Bertz CT molecular complexity index is 3480. The zero-order valence-corrected chi connectivity index (χ0v) is 31.0. The second kappa shape index (κ2) is 12.2. The molecule has 12 aromatic rings. The van der Waals surface area contributed by atoms with Gasteiger partial charge in [0.05, 0.1) is 27.1 Å². The number of furan rings is 1. The SMILES string of the molecule is c1ccc(-n2c3ccccc3c3ccc(-c4ccc(N(c5cc6ccccc6c6c5oc5ccccc56)c5cccc6c5sc5ccccc56)cc4)cc32)cc1. The third kappa shape index (κ3) is 4.63. The molecule has 56 heavy (non-hydrogen) atoms. The van der Waals surface area contributed by atoms with Crippen molar-refractivity contribution in [2.75, 3.05) is 4.90 Å². The molecule has 0 spiro atoms. The van der Waals surface area contributed by atoms with Crippen molar-refractivity contribution in [2.24, 2.45) is 0 Å². The fourth-order valence-electron chi connectivity index (χ4n) is 8.85. The normalized spacial score (nSPS) is 11.9. The van der Waals surface area contributed by atoms with E-state index >= 15 is 0 Å². The Morgan fingerprint density at radius 1 is 0.446 bits per heavy atom. The fourth-order valence-corrected chi connectivity index (χ4v) is 10.1. The zero-order valence-electron chi connectivity index (χ0n) is 30.2. The molecule has 0 saturated heterocycles. The first-order valence-electron chi connectivity index (χ1n) is 19.0. The average Bonchev–Trinajstić information content (AvgIpc) is 3.95. The number of rotatable bonds is 5. The first kappa shape index (κ1) is 31.2.